The molecule has 0 aliphatic rings. The predicted octanol–water partition coefficient (Wildman–Crippen LogP) is 3.07. The van der Waals surface area contributed by atoms with E-state index in [2.05, 4.69) is 17.4 Å². The molecule has 2 rings (SSSR count). The van der Waals surface area contributed by atoms with Crippen LogP contribution in [0.2, 0.25) is 0 Å². The number of benzene rings is 1. The van der Waals surface area contributed by atoms with E-state index in [4.69, 9.17) is 4.52 Å². The van der Waals surface area contributed by atoms with Crippen LogP contribution in [0.3, 0.4) is 0 Å². The Bertz CT molecular complexity index is 534. The number of hydrogen-bond acceptors (Lipinski definition) is 3. The lowest BCUT2D eigenvalue weighted by Gasteiger charge is -2.03. The van der Waals surface area contributed by atoms with Gasteiger partial charge >= 0.3 is 0 Å². The standard InChI is InChI=1S/C15H20N2O2/c1-2-3-4-7-10-16-15(18)11-13-12-8-5-6-9-14(12)19-17-13/h5-6,8-9H,2-4,7,10-11H2,1H3,(H,16,18). The van der Waals surface area contributed by atoms with Crippen molar-refractivity contribution >= 4 is 16.9 Å². The molecule has 0 unspecified atom stereocenters. The van der Waals surface area contributed by atoms with Gasteiger partial charge in [-0.3, -0.25) is 4.79 Å². The highest BCUT2D eigenvalue weighted by Crippen LogP contribution is 2.17. The Labute approximate surface area is 113 Å². The number of carbonyl (C=O) groups excluding carboxylic acids is 1. The molecule has 4 nitrogen and oxygen atoms in total. The number of carbonyl (C=O) groups is 1. The van der Waals surface area contributed by atoms with Gasteiger partial charge in [0.05, 0.1) is 6.42 Å². The number of fused-ring (bicyclic) bond motifs is 1. The molecule has 1 aromatic carbocycles. The van der Waals surface area contributed by atoms with Crippen LogP contribution >= 0.6 is 0 Å². The molecule has 0 saturated carbocycles. The van der Waals surface area contributed by atoms with Crippen LogP contribution in [0.4, 0.5) is 0 Å². The molecule has 0 spiro atoms. The second-order valence-electron chi connectivity index (χ2n) is 4.71. The first-order valence-corrected chi connectivity index (χ1v) is 6.91. The highest BCUT2D eigenvalue weighted by atomic mass is 16.5. The third-order valence-corrected chi connectivity index (χ3v) is 3.13. The maximum Gasteiger partial charge on any atom is 0.226 e. The number of hydrogen-bond donors (Lipinski definition) is 1. The molecule has 0 radical (unpaired) electrons. The van der Waals surface area contributed by atoms with Gasteiger partial charge in [0.2, 0.25) is 5.91 Å². The molecular formula is C15H20N2O2. The Kier molecular flexibility index (Phi) is 4.95. The number of unbranched alkanes of at least 4 members (excludes halogenated alkanes) is 3. The summed E-state index contributed by atoms with van der Waals surface area (Å²) in [5.41, 5.74) is 1.44. The van der Waals surface area contributed by atoms with E-state index in [1.807, 2.05) is 24.3 Å². The number of para-hydroxylation sites is 1. The van der Waals surface area contributed by atoms with E-state index in [9.17, 15) is 4.79 Å². The van der Waals surface area contributed by atoms with Gasteiger partial charge in [0.1, 0.15) is 5.69 Å². The zero-order valence-electron chi connectivity index (χ0n) is 11.3. The van der Waals surface area contributed by atoms with Crippen molar-refractivity contribution in [2.24, 2.45) is 0 Å². The number of rotatable bonds is 7. The average molecular weight is 260 g/mol. The van der Waals surface area contributed by atoms with Crippen LogP contribution in [0.5, 0.6) is 0 Å². The second-order valence-corrected chi connectivity index (χ2v) is 4.71. The Morgan fingerprint density at radius 3 is 2.95 bits per heavy atom. The van der Waals surface area contributed by atoms with Crippen molar-refractivity contribution in [3.05, 3.63) is 30.0 Å². The van der Waals surface area contributed by atoms with Crippen molar-refractivity contribution in [3.63, 3.8) is 0 Å². The van der Waals surface area contributed by atoms with Crippen LogP contribution in [-0.2, 0) is 11.2 Å². The lowest BCUT2D eigenvalue weighted by molar-refractivity contribution is -0.120. The van der Waals surface area contributed by atoms with Gasteiger partial charge in [-0.1, -0.05) is 43.5 Å². The first-order valence-electron chi connectivity index (χ1n) is 6.91. The van der Waals surface area contributed by atoms with E-state index in [0.717, 1.165) is 23.9 Å². The van der Waals surface area contributed by atoms with Gasteiger partial charge in [-0.2, -0.15) is 0 Å². The smallest absolute Gasteiger partial charge is 0.226 e. The SMILES string of the molecule is CCCCCCNC(=O)Cc1noc2ccccc12. The fourth-order valence-corrected chi connectivity index (χ4v) is 2.06. The van der Waals surface area contributed by atoms with Crippen molar-refractivity contribution in [2.75, 3.05) is 6.54 Å². The van der Waals surface area contributed by atoms with Gasteiger partial charge < -0.3 is 9.84 Å². The Hall–Kier alpha value is -1.84. The minimum absolute atomic E-state index is 0.00977. The minimum Gasteiger partial charge on any atom is -0.356 e. The lowest BCUT2D eigenvalue weighted by Crippen LogP contribution is -2.26. The molecule has 0 aliphatic heterocycles. The molecule has 1 aromatic heterocycles. The van der Waals surface area contributed by atoms with Gasteiger partial charge in [-0.25, -0.2) is 0 Å². The lowest BCUT2D eigenvalue weighted by atomic mass is 10.1. The molecule has 2 aromatic rings. The van der Waals surface area contributed by atoms with Crippen LogP contribution in [0.15, 0.2) is 28.8 Å². The average Bonchev–Trinajstić information content (AvgIpc) is 2.82. The number of amides is 1. The first kappa shape index (κ1) is 13.6. The largest absolute Gasteiger partial charge is 0.356 e. The van der Waals surface area contributed by atoms with Crippen LogP contribution in [0.25, 0.3) is 11.0 Å². The van der Waals surface area contributed by atoms with E-state index >= 15 is 0 Å². The van der Waals surface area contributed by atoms with E-state index in [0.29, 0.717) is 5.69 Å². The number of aromatic nitrogens is 1. The second kappa shape index (κ2) is 6.92. The Morgan fingerprint density at radius 1 is 1.26 bits per heavy atom. The molecule has 1 amide bonds. The van der Waals surface area contributed by atoms with Gasteiger partial charge in [-0.15, -0.1) is 0 Å². The fourth-order valence-electron chi connectivity index (χ4n) is 2.06. The molecule has 19 heavy (non-hydrogen) atoms. The summed E-state index contributed by atoms with van der Waals surface area (Å²) in [6.45, 7) is 2.92. The Morgan fingerprint density at radius 2 is 2.11 bits per heavy atom. The van der Waals surface area contributed by atoms with Crippen molar-refractivity contribution in [1.29, 1.82) is 0 Å². The normalized spacial score (nSPS) is 10.8. The summed E-state index contributed by atoms with van der Waals surface area (Å²) in [4.78, 5) is 11.8. The molecule has 0 bridgehead atoms. The van der Waals surface area contributed by atoms with Crippen LogP contribution in [-0.4, -0.2) is 17.6 Å². The summed E-state index contributed by atoms with van der Waals surface area (Å²) in [5.74, 6) is 0.00977. The highest BCUT2D eigenvalue weighted by molar-refractivity contribution is 5.86. The van der Waals surface area contributed by atoms with E-state index in [1.165, 1.54) is 19.3 Å². The van der Waals surface area contributed by atoms with Gasteiger partial charge in [-0.05, 0) is 18.6 Å². The molecule has 0 aliphatic carbocycles. The highest BCUT2D eigenvalue weighted by Gasteiger charge is 2.11. The van der Waals surface area contributed by atoms with E-state index < -0.39 is 0 Å². The Balaban J connectivity index is 1.82. The molecule has 1 N–H and O–H groups in total. The van der Waals surface area contributed by atoms with Crippen LogP contribution in [0, 0.1) is 0 Å². The zero-order valence-corrected chi connectivity index (χ0v) is 11.3. The third-order valence-electron chi connectivity index (χ3n) is 3.13. The zero-order chi connectivity index (χ0) is 13.5. The monoisotopic (exact) mass is 260 g/mol. The number of nitrogens with one attached hydrogen (secondary N) is 1. The van der Waals surface area contributed by atoms with E-state index in [-0.39, 0.29) is 12.3 Å². The molecule has 102 valence electrons. The van der Waals surface area contributed by atoms with Gasteiger partial charge in [0.25, 0.3) is 0 Å². The quantitative estimate of drug-likeness (QED) is 0.778. The topological polar surface area (TPSA) is 55.1 Å². The molecule has 4 heteroatoms. The summed E-state index contributed by atoms with van der Waals surface area (Å²) in [6.07, 6.45) is 4.93. The summed E-state index contributed by atoms with van der Waals surface area (Å²) in [6, 6.07) is 7.60. The molecular weight excluding hydrogens is 240 g/mol. The summed E-state index contributed by atoms with van der Waals surface area (Å²) < 4.78 is 5.18. The maximum atomic E-state index is 11.8. The van der Waals surface area contributed by atoms with Crippen molar-refractivity contribution in [1.82, 2.24) is 10.5 Å². The first-order chi connectivity index (χ1) is 9.31. The molecule has 0 fully saturated rings. The third kappa shape index (κ3) is 3.81. The van der Waals surface area contributed by atoms with Crippen molar-refractivity contribution in [3.8, 4) is 0 Å². The van der Waals surface area contributed by atoms with E-state index in [1.54, 1.807) is 0 Å². The molecule has 0 atom stereocenters. The van der Waals surface area contributed by atoms with Crippen molar-refractivity contribution in [2.45, 2.75) is 39.0 Å². The summed E-state index contributed by atoms with van der Waals surface area (Å²) >= 11 is 0. The fraction of sp³-hybridized carbons (Fsp3) is 0.467. The maximum absolute atomic E-state index is 11.8. The summed E-state index contributed by atoms with van der Waals surface area (Å²) in [7, 11) is 0. The molecule has 1 heterocycles. The molecule has 0 saturated heterocycles. The van der Waals surface area contributed by atoms with Crippen LogP contribution < -0.4 is 5.32 Å². The van der Waals surface area contributed by atoms with Gasteiger partial charge in [0.15, 0.2) is 5.58 Å². The van der Waals surface area contributed by atoms with Crippen molar-refractivity contribution < 1.29 is 9.32 Å². The van der Waals surface area contributed by atoms with Crippen LogP contribution in [0.1, 0.15) is 38.3 Å². The summed E-state index contributed by atoms with van der Waals surface area (Å²) in [5, 5.41) is 7.80. The number of nitrogens with zero attached hydrogens (tertiary/aromatic N) is 1. The predicted molar refractivity (Wildman–Crippen MR) is 74.9 cm³/mol. The van der Waals surface area contributed by atoms with Gasteiger partial charge in [0, 0.05) is 11.9 Å². The minimum atomic E-state index is 0.00977.